The third kappa shape index (κ3) is 3.28. The molecule has 152 valence electrons. The van der Waals surface area contributed by atoms with Crippen molar-refractivity contribution >= 4 is 11.6 Å². The number of aromatic nitrogens is 2. The number of methoxy groups -OCH3 is 1. The number of fused-ring (bicyclic) bond motifs is 1. The second kappa shape index (κ2) is 7.13. The summed E-state index contributed by atoms with van der Waals surface area (Å²) in [5, 5.41) is 8.86. The largest absolute Gasteiger partial charge is 0.497 e. The summed E-state index contributed by atoms with van der Waals surface area (Å²) in [5.74, 6) is 2.20. The fraction of sp³-hybridized carbons (Fsp3) is 0.292. The van der Waals surface area contributed by atoms with Gasteiger partial charge in [0.1, 0.15) is 17.1 Å². The van der Waals surface area contributed by atoms with Gasteiger partial charge in [-0.05, 0) is 37.3 Å². The molecule has 2 aliphatic heterocycles. The fourth-order valence-electron chi connectivity index (χ4n) is 4.24. The van der Waals surface area contributed by atoms with E-state index in [2.05, 4.69) is 46.3 Å². The van der Waals surface area contributed by atoms with Crippen molar-refractivity contribution in [3.05, 3.63) is 65.7 Å². The molecule has 3 heterocycles. The van der Waals surface area contributed by atoms with E-state index in [-0.39, 0.29) is 5.78 Å². The smallest absolute Gasteiger partial charge is 0.170 e. The molecule has 2 aliphatic rings. The molecule has 1 spiro atoms. The summed E-state index contributed by atoms with van der Waals surface area (Å²) in [7, 11) is 1.59. The quantitative estimate of drug-likeness (QED) is 0.659. The van der Waals surface area contributed by atoms with Gasteiger partial charge in [-0.15, -0.1) is 10.2 Å². The molecular weight excluding hydrogens is 378 g/mol. The fourth-order valence-corrected chi connectivity index (χ4v) is 4.24. The number of ether oxygens (including phenoxy) is 2. The van der Waals surface area contributed by atoms with Crippen molar-refractivity contribution in [2.45, 2.75) is 25.4 Å². The van der Waals surface area contributed by atoms with Gasteiger partial charge in [0.15, 0.2) is 11.6 Å². The average Bonchev–Trinajstić information content (AvgIpc) is 3.17. The number of benzene rings is 2. The first-order chi connectivity index (χ1) is 14.5. The Morgan fingerprint density at radius 3 is 2.63 bits per heavy atom. The molecule has 1 aromatic heterocycles. The van der Waals surface area contributed by atoms with Crippen LogP contribution in [0.4, 0.5) is 5.82 Å². The standard InChI is InChI=1S/C24H23N3O3/c1-16-3-5-17(6-4-16)20-8-10-23(26-25-20)27-12-11-24(15-27)14-21(28)19-13-18(29-2)7-9-22(19)30-24/h3-10,13H,11-12,14-15H2,1-2H3. The van der Waals surface area contributed by atoms with E-state index in [1.54, 1.807) is 13.2 Å². The van der Waals surface area contributed by atoms with Gasteiger partial charge in [-0.1, -0.05) is 29.8 Å². The summed E-state index contributed by atoms with van der Waals surface area (Å²) in [6.07, 6.45) is 1.13. The summed E-state index contributed by atoms with van der Waals surface area (Å²) in [6, 6.07) is 17.6. The highest BCUT2D eigenvalue weighted by atomic mass is 16.5. The number of hydrogen-bond acceptors (Lipinski definition) is 6. The molecule has 0 amide bonds. The highest BCUT2D eigenvalue weighted by Gasteiger charge is 2.46. The van der Waals surface area contributed by atoms with Crippen molar-refractivity contribution in [1.29, 1.82) is 0 Å². The van der Waals surface area contributed by atoms with Crippen molar-refractivity contribution in [3.8, 4) is 22.8 Å². The monoisotopic (exact) mass is 401 g/mol. The summed E-state index contributed by atoms with van der Waals surface area (Å²) in [5.41, 5.74) is 3.19. The van der Waals surface area contributed by atoms with E-state index in [1.807, 2.05) is 24.3 Å². The topological polar surface area (TPSA) is 64.5 Å². The van der Waals surface area contributed by atoms with E-state index < -0.39 is 5.60 Å². The normalized spacial score (nSPS) is 20.2. The van der Waals surface area contributed by atoms with Gasteiger partial charge in [-0.25, -0.2) is 0 Å². The van der Waals surface area contributed by atoms with Crippen molar-refractivity contribution in [2.24, 2.45) is 0 Å². The predicted octanol–water partition coefficient (Wildman–Crippen LogP) is 4.07. The minimum Gasteiger partial charge on any atom is -0.497 e. The van der Waals surface area contributed by atoms with E-state index in [0.29, 0.717) is 30.0 Å². The van der Waals surface area contributed by atoms with E-state index in [0.717, 1.165) is 30.0 Å². The molecule has 2 aromatic carbocycles. The van der Waals surface area contributed by atoms with Gasteiger partial charge in [0, 0.05) is 18.5 Å². The lowest BCUT2D eigenvalue weighted by Crippen LogP contribution is -2.44. The second-order valence-corrected chi connectivity index (χ2v) is 8.06. The van der Waals surface area contributed by atoms with E-state index in [1.165, 1.54) is 5.56 Å². The van der Waals surface area contributed by atoms with Crippen LogP contribution in [0.1, 0.15) is 28.8 Å². The van der Waals surface area contributed by atoms with Gasteiger partial charge in [-0.3, -0.25) is 4.79 Å². The molecule has 6 nitrogen and oxygen atoms in total. The van der Waals surface area contributed by atoms with Gasteiger partial charge in [0.05, 0.1) is 31.3 Å². The van der Waals surface area contributed by atoms with Crippen LogP contribution in [0.15, 0.2) is 54.6 Å². The number of nitrogens with zero attached hydrogens (tertiary/aromatic N) is 3. The van der Waals surface area contributed by atoms with Crippen molar-refractivity contribution < 1.29 is 14.3 Å². The zero-order valence-corrected chi connectivity index (χ0v) is 17.1. The molecule has 1 atom stereocenters. The number of Topliss-reactive ketones (excluding diaryl/α,β-unsaturated/α-hetero) is 1. The first-order valence-corrected chi connectivity index (χ1v) is 10.1. The Morgan fingerprint density at radius 1 is 1.07 bits per heavy atom. The first-order valence-electron chi connectivity index (χ1n) is 10.1. The molecular formula is C24H23N3O3. The van der Waals surface area contributed by atoms with Crippen LogP contribution >= 0.6 is 0 Å². The van der Waals surface area contributed by atoms with Crippen LogP contribution in [0.25, 0.3) is 11.3 Å². The highest BCUT2D eigenvalue weighted by Crippen LogP contribution is 2.40. The van der Waals surface area contributed by atoms with Crippen LogP contribution in [0.3, 0.4) is 0 Å². The molecule has 3 aromatic rings. The third-order valence-electron chi connectivity index (χ3n) is 5.93. The summed E-state index contributed by atoms with van der Waals surface area (Å²) >= 11 is 0. The number of anilines is 1. The molecule has 0 radical (unpaired) electrons. The van der Waals surface area contributed by atoms with Crippen LogP contribution in [0.2, 0.25) is 0 Å². The maximum absolute atomic E-state index is 12.8. The molecule has 1 saturated heterocycles. The molecule has 0 N–H and O–H groups in total. The highest BCUT2D eigenvalue weighted by molar-refractivity contribution is 6.00. The summed E-state index contributed by atoms with van der Waals surface area (Å²) in [4.78, 5) is 14.9. The lowest BCUT2D eigenvalue weighted by Gasteiger charge is -2.34. The molecule has 0 saturated carbocycles. The molecule has 6 heteroatoms. The van der Waals surface area contributed by atoms with Gasteiger partial charge >= 0.3 is 0 Å². The maximum atomic E-state index is 12.8. The minimum absolute atomic E-state index is 0.0952. The van der Waals surface area contributed by atoms with Gasteiger partial charge in [0.2, 0.25) is 0 Å². The van der Waals surface area contributed by atoms with E-state index in [9.17, 15) is 4.79 Å². The number of aryl methyl sites for hydroxylation is 1. The molecule has 0 bridgehead atoms. The number of ketones is 1. The molecule has 1 fully saturated rings. The molecule has 1 unspecified atom stereocenters. The predicted molar refractivity (Wildman–Crippen MR) is 114 cm³/mol. The summed E-state index contributed by atoms with van der Waals surface area (Å²) in [6.45, 7) is 3.45. The zero-order chi connectivity index (χ0) is 20.7. The van der Waals surface area contributed by atoms with E-state index >= 15 is 0 Å². The van der Waals surface area contributed by atoms with Crippen molar-refractivity contribution in [2.75, 3.05) is 25.1 Å². The van der Waals surface area contributed by atoms with Crippen LogP contribution < -0.4 is 14.4 Å². The van der Waals surface area contributed by atoms with Gasteiger partial charge in [-0.2, -0.15) is 0 Å². The van der Waals surface area contributed by atoms with Crippen LogP contribution in [0, 0.1) is 6.92 Å². The lowest BCUT2D eigenvalue weighted by molar-refractivity contribution is 0.0537. The first kappa shape index (κ1) is 18.6. The average molecular weight is 401 g/mol. The lowest BCUT2D eigenvalue weighted by atomic mass is 9.89. The van der Waals surface area contributed by atoms with E-state index in [4.69, 9.17) is 9.47 Å². The Kier molecular flexibility index (Phi) is 4.42. The minimum atomic E-state index is -0.518. The Morgan fingerprint density at radius 2 is 1.90 bits per heavy atom. The third-order valence-corrected chi connectivity index (χ3v) is 5.93. The number of hydrogen-bond donors (Lipinski definition) is 0. The Balaban J connectivity index is 1.34. The zero-order valence-electron chi connectivity index (χ0n) is 17.1. The molecule has 30 heavy (non-hydrogen) atoms. The Hall–Kier alpha value is -3.41. The van der Waals surface area contributed by atoms with Crippen molar-refractivity contribution in [1.82, 2.24) is 10.2 Å². The van der Waals surface area contributed by atoms with Crippen molar-refractivity contribution in [3.63, 3.8) is 0 Å². The molecule has 5 rings (SSSR count). The van der Waals surface area contributed by atoms with Crippen LogP contribution in [-0.2, 0) is 0 Å². The van der Waals surface area contributed by atoms with Crippen LogP contribution in [-0.4, -0.2) is 41.8 Å². The summed E-state index contributed by atoms with van der Waals surface area (Å²) < 4.78 is 11.6. The maximum Gasteiger partial charge on any atom is 0.170 e. The number of rotatable bonds is 3. The second-order valence-electron chi connectivity index (χ2n) is 8.06. The van der Waals surface area contributed by atoms with Gasteiger partial charge < -0.3 is 14.4 Å². The number of carbonyl (C=O) groups excluding carboxylic acids is 1. The SMILES string of the molecule is COc1ccc2c(c1)C(=O)CC1(CCN(c3ccc(-c4ccc(C)cc4)nn3)C1)O2. The number of carbonyl (C=O) groups is 1. The van der Waals surface area contributed by atoms with Crippen LogP contribution in [0.5, 0.6) is 11.5 Å². The Labute approximate surface area is 175 Å². The molecule has 0 aliphatic carbocycles. The van der Waals surface area contributed by atoms with Gasteiger partial charge in [0.25, 0.3) is 0 Å². The Bertz CT molecular complexity index is 1100.